The second kappa shape index (κ2) is 23.3. The quantitative estimate of drug-likeness (QED) is 0.0399. The number of aromatic amines is 1. The highest BCUT2D eigenvalue weighted by atomic mass is 31.2. The number of H-pyrrole nitrogens is 1. The van der Waals surface area contributed by atoms with Crippen LogP contribution in [0.25, 0.3) is 0 Å². The fraction of sp³-hybridized carbons (Fsp3) is 0.571. The van der Waals surface area contributed by atoms with Crippen LogP contribution in [0.1, 0.15) is 71.1 Å². The summed E-state index contributed by atoms with van der Waals surface area (Å²) >= 11 is 0. The van der Waals surface area contributed by atoms with Crippen molar-refractivity contribution in [2.24, 2.45) is 17.4 Å². The van der Waals surface area contributed by atoms with Gasteiger partial charge in [-0.2, -0.15) is 0 Å². The Morgan fingerprint density at radius 1 is 0.825 bits per heavy atom. The summed E-state index contributed by atoms with van der Waals surface area (Å²) in [6.07, 6.45) is 2.35. The lowest BCUT2D eigenvalue weighted by Gasteiger charge is -2.28. The summed E-state index contributed by atoms with van der Waals surface area (Å²) in [5, 5.41) is 32.6. The summed E-state index contributed by atoms with van der Waals surface area (Å²) in [5.41, 5.74) is 12.7. The Bertz CT molecular complexity index is 1670. The van der Waals surface area contributed by atoms with E-state index >= 15 is 0 Å². The number of aliphatic hydroxyl groups excluding tert-OH is 1. The molecule has 2 aromatic rings. The molecule has 2 rings (SSSR count). The van der Waals surface area contributed by atoms with Gasteiger partial charge in [0.1, 0.15) is 36.0 Å². The Morgan fingerprint density at radius 2 is 1.40 bits per heavy atom. The van der Waals surface area contributed by atoms with Crippen LogP contribution in [0.5, 0.6) is 5.75 Å². The third-order valence-electron chi connectivity index (χ3n) is 8.56. The van der Waals surface area contributed by atoms with E-state index in [4.69, 9.17) is 21.3 Å². The number of benzene rings is 1. The van der Waals surface area contributed by atoms with Gasteiger partial charge in [-0.05, 0) is 69.2 Å². The molecule has 22 heteroatoms. The molecule has 0 radical (unpaired) electrons. The topological polar surface area (TPSA) is 351 Å². The number of carbonyl (C=O) groups is 6. The molecule has 0 aliphatic rings. The first-order valence-electron chi connectivity index (χ1n) is 18.4. The standard InChI is InChI=1S/C35H56N9O12P/c1-5-25(31(47)43-28(35(51)52)14-19(2)3)40-34(50)29(20(4)45)44-33(49)27(15-21-9-11-23(12-10-21)56-57(53,54)55)42-32(48)26(8-6-7-13-36)41-30(46)24(37)16-22-17-38-18-39-22/h9-12,17-20,24-29,45H,5-8,13-16,36-37H2,1-4H3,(H,38,39)(H,40,50)(H,41,46)(H,42,48)(H,43,47)(H,44,49)(H,51,52)(H2,53,54,55)/t20-,24+,25+,26+,27+,28+,29+/m1/s1. The minimum Gasteiger partial charge on any atom is -0.480 e. The number of hydrogen-bond acceptors (Lipinski definition) is 12. The van der Waals surface area contributed by atoms with Crippen LogP contribution in [-0.2, 0) is 46.2 Å². The van der Waals surface area contributed by atoms with Gasteiger partial charge in [-0.15, -0.1) is 0 Å². The first kappa shape index (κ1) is 48.2. The van der Waals surface area contributed by atoms with Crippen molar-refractivity contribution in [1.29, 1.82) is 0 Å². The summed E-state index contributed by atoms with van der Waals surface area (Å²) in [6, 6.07) is -2.71. The molecule has 0 saturated heterocycles. The maximum Gasteiger partial charge on any atom is 0.524 e. The van der Waals surface area contributed by atoms with Gasteiger partial charge < -0.3 is 57.8 Å². The zero-order chi connectivity index (χ0) is 42.9. The summed E-state index contributed by atoms with van der Waals surface area (Å²) in [7, 11) is -4.88. The summed E-state index contributed by atoms with van der Waals surface area (Å²) < 4.78 is 15.9. The number of rotatable bonds is 25. The van der Waals surface area contributed by atoms with Crippen LogP contribution in [0.15, 0.2) is 36.8 Å². The molecular formula is C35H56N9O12P. The van der Waals surface area contributed by atoms with Gasteiger partial charge in [-0.25, -0.2) is 14.3 Å². The first-order chi connectivity index (χ1) is 26.7. The van der Waals surface area contributed by atoms with E-state index in [9.17, 15) is 43.5 Å². The van der Waals surface area contributed by atoms with E-state index in [1.165, 1.54) is 43.7 Å². The minimum absolute atomic E-state index is 0.0231. The first-order valence-corrected chi connectivity index (χ1v) is 20.0. The van der Waals surface area contributed by atoms with E-state index in [0.717, 1.165) is 0 Å². The summed E-state index contributed by atoms with van der Waals surface area (Å²) in [4.78, 5) is 104. The number of phosphoric acid groups is 1. The van der Waals surface area contributed by atoms with E-state index in [0.29, 0.717) is 30.6 Å². The largest absolute Gasteiger partial charge is 0.524 e. The van der Waals surface area contributed by atoms with Crippen molar-refractivity contribution >= 4 is 43.3 Å². The Labute approximate surface area is 330 Å². The maximum atomic E-state index is 13.9. The molecule has 0 saturated carbocycles. The molecule has 0 spiro atoms. The minimum atomic E-state index is -4.88. The van der Waals surface area contributed by atoms with Gasteiger partial charge in [-0.1, -0.05) is 32.9 Å². The number of phosphoric ester groups is 1. The Kier molecular flexibility index (Phi) is 19.8. The number of aromatic nitrogens is 2. The van der Waals surface area contributed by atoms with Gasteiger partial charge in [0.15, 0.2) is 0 Å². The van der Waals surface area contributed by atoms with E-state index in [1.54, 1.807) is 20.8 Å². The number of carboxylic acid groups (broad SMARTS) is 1. The molecule has 1 aromatic carbocycles. The van der Waals surface area contributed by atoms with Crippen molar-refractivity contribution in [3.63, 3.8) is 0 Å². The van der Waals surface area contributed by atoms with Crippen LogP contribution in [0.2, 0.25) is 0 Å². The summed E-state index contributed by atoms with van der Waals surface area (Å²) in [5.74, 6) is -5.74. The number of unbranched alkanes of at least 4 members (excludes halogenated alkanes) is 1. The molecule has 5 amide bonds. The molecular weight excluding hydrogens is 769 g/mol. The van der Waals surface area contributed by atoms with Gasteiger partial charge in [0.2, 0.25) is 29.5 Å². The van der Waals surface area contributed by atoms with Gasteiger partial charge in [0.05, 0.1) is 18.5 Å². The molecule has 0 bridgehead atoms. The van der Waals surface area contributed by atoms with Crippen molar-refractivity contribution in [1.82, 2.24) is 36.6 Å². The van der Waals surface area contributed by atoms with Crippen LogP contribution >= 0.6 is 7.82 Å². The number of imidazole rings is 1. The lowest BCUT2D eigenvalue weighted by Crippen LogP contribution is -2.61. The maximum absolute atomic E-state index is 13.9. The highest BCUT2D eigenvalue weighted by Gasteiger charge is 2.34. The fourth-order valence-corrected chi connectivity index (χ4v) is 5.94. The normalized spacial score (nSPS) is 15.2. The predicted molar refractivity (Wildman–Crippen MR) is 205 cm³/mol. The molecule has 7 atom stereocenters. The molecule has 21 nitrogen and oxygen atoms in total. The molecule has 1 heterocycles. The van der Waals surface area contributed by atoms with Gasteiger partial charge >= 0.3 is 13.8 Å². The highest BCUT2D eigenvalue weighted by molar-refractivity contribution is 7.46. The number of carboxylic acids is 1. The lowest BCUT2D eigenvalue weighted by molar-refractivity contribution is -0.143. The van der Waals surface area contributed by atoms with Crippen molar-refractivity contribution in [3.8, 4) is 5.75 Å². The molecule has 57 heavy (non-hydrogen) atoms. The monoisotopic (exact) mass is 825 g/mol. The highest BCUT2D eigenvalue weighted by Crippen LogP contribution is 2.37. The van der Waals surface area contributed by atoms with E-state index in [1.807, 2.05) is 0 Å². The number of aliphatic hydroxyl groups is 1. The van der Waals surface area contributed by atoms with Crippen LogP contribution in [0, 0.1) is 5.92 Å². The van der Waals surface area contributed by atoms with Gasteiger partial charge in [0, 0.05) is 24.7 Å². The van der Waals surface area contributed by atoms with E-state index in [2.05, 4.69) is 41.1 Å². The number of carbonyl (C=O) groups excluding carboxylic acids is 5. The Balaban J connectivity index is 2.37. The molecule has 0 aliphatic heterocycles. The third kappa shape index (κ3) is 17.4. The van der Waals surface area contributed by atoms with Crippen LogP contribution in [0.3, 0.4) is 0 Å². The third-order valence-corrected chi connectivity index (χ3v) is 9.01. The summed E-state index contributed by atoms with van der Waals surface area (Å²) in [6.45, 7) is 6.63. The van der Waals surface area contributed by atoms with Gasteiger partial charge in [-0.3, -0.25) is 33.8 Å². The van der Waals surface area contributed by atoms with Crippen LogP contribution in [0.4, 0.5) is 0 Å². The molecule has 0 fully saturated rings. The predicted octanol–water partition coefficient (Wildman–Crippen LogP) is -1.53. The zero-order valence-electron chi connectivity index (χ0n) is 32.3. The number of amides is 5. The molecule has 14 N–H and O–H groups in total. The number of aliphatic carboxylic acids is 1. The van der Waals surface area contributed by atoms with E-state index in [-0.39, 0.29) is 43.8 Å². The molecule has 318 valence electrons. The Hall–Kier alpha value is -4.92. The van der Waals surface area contributed by atoms with Crippen LogP contribution < -0.4 is 42.6 Å². The van der Waals surface area contributed by atoms with Crippen LogP contribution in [-0.4, -0.2) is 114 Å². The lowest BCUT2D eigenvalue weighted by atomic mass is 10.0. The fourth-order valence-electron chi connectivity index (χ4n) is 5.55. The van der Waals surface area contributed by atoms with Crippen molar-refractivity contribution in [3.05, 3.63) is 48.0 Å². The number of nitrogens with one attached hydrogen (secondary N) is 6. The number of nitrogens with zero attached hydrogens (tertiary/aromatic N) is 1. The zero-order valence-corrected chi connectivity index (χ0v) is 33.2. The van der Waals surface area contributed by atoms with Crippen molar-refractivity contribution in [2.45, 2.75) is 115 Å². The van der Waals surface area contributed by atoms with E-state index < -0.39 is 85.7 Å². The van der Waals surface area contributed by atoms with Crippen molar-refractivity contribution in [2.75, 3.05) is 6.54 Å². The SMILES string of the molecule is CC[C@H](NC(=O)[C@@H](NC(=O)[C@H](Cc1ccc(OP(=O)(O)O)cc1)NC(=O)[C@H](CCCCN)NC(=O)[C@@H](N)Cc1cnc[nH]1)[C@@H](C)O)C(=O)N[C@@H](CC(C)C)C(=O)O. The average molecular weight is 826 g/mol. The Morgan fingerprint density at radius 3 is 1.93 bits per heavy atom. The second-order valence-corrected chi connectivity index (χ2v) is 15.1. The van der Waals surface area contributed by atoms with Crippen molar-refractivity contribution < 1.29 is 57.9 Å². The molecule has 0 aliphatic carbocycles. The van der Waals surface area contributed by atoms with Gasteiger partial charge in [0.25, 0.3) is 0 Å². The second-order valence-electron chi connectivity index (χ2n) is 13.9. The molecule has 1 aromatic heterocycles. The smallest absolute Gasteiger partial charge is 0.480 e. The number of nitrogens with two attached hydrogens (primary N) is 2. The molecule has 0 unspecified atom stereocenters. The number of hydrogen-bond donors (Lipinski definition) is 12. The average Bonchev–Trinajstić information content (AvgIpc) is 3.64.